The van der Waals surface area contributed by atoms with Crippen LogP contribution in [-0.2, 0) is 0 Å². The summed E-state index contributed by atoms with van der Waals surface area (Å²) in [6, 6.07) is 0. The molecule has 6 nitrogen and oxygen atoms in total. The standard InChI is InChI=1S/C15H22N4.C9H16N2/c1-3-13(12-4-5-12)14-11(2)17-10-18-15(14)19-8-6-16-7-9-19;1-2-4-9-5-3-6-11(7-9)8-10/h3,10,12,16H,4-9H2,1-2H3;9H,2-7H2,1H3/b13-3-;. The van der Waals surface area contributed by atoms with Gasteiger partial charge in [-0.15, -0.1) is 0 Å². The van der Waals surface area contributed by atoms with Gasteiger partial charge in [-0.3, -0.25) is 0 Å². The predicted octanol–water partition coefficient (Wildman–Crippen LogP) is 3.99. The van der Waals surface area contributed by atoms with Crippen LogP contribution in [-0.4, -0.2) is 54.1 Å². The number of nitrogens with zero attached hydrogens (tertiary/aromatic N) is 5. The molecule has 1 aliphatic carbocycles. The minimum atomic E-state index is 0.733. The SMILES string of the molecule is C/C=C(\c1c(C)ncnc1N1CCNCC1)C1CC1.CCCC1CCCN(C#N)C1. The second-order valence-electron chi connectivity index (χ2n) is 8.76. The molecule has 2 saturated heterocycles. The summed E-state index contributed by atoms with van der Waals surface area (Å²) >= 11 is 0. The Morgan fingerprint density at radius 3 is 2.63 bits per heavy atom. The third-order valence-corrected chi connectivity index (χ3v) is 6.41. The highest BCUT2D eigenvalue weighted by atomic mass is 15.2. The number of likely N-dealkylation sites (tertiary alicyclic amines) is 1. The quantitative estimate of drug-likeness (QED) is 0.741. The maximum Gasteiger partial charge on any atom is 0.179 e. The molecule has 1 saturated carbocycles. The van der Waals surface area contributed by atoms with E-state index in [1.165, 1.54) is 49.7 Å². The van der Waals surface area contributed by atoms with Gasteiger partial charge in [0.05, 0.1) is 5.69 Å². The van der Waals surface area contributed by atoms with E-state index in [0.717, 1.165) is 62.6 Å². The number of piperidine rings is 1. The van der Waals surface area contributed by atoms with E-state index in [9.17, 15) is 0 Å². The number of nitriles is 1. The van der Waals surface area contributed by atoms with Crippen LogP contribution in [0.5, 0.6) is 0 Å². The molecule has 3 heterocycles. The lowest BCUT2D eigenvalue weighted by Crippen LogP contribution is -2.44. The molecule has 1 unspecified atom stereocenters. The first-order chi connectivity index (χ1) is 14.7. The largest absolute Gasteiger partial charge is 0.353 e. The Balaban J connectivity index is 0.000000199. The van der Waals surface area contributed by atoms with Gasteiger partial charge in [0.2, 0.25) is 0 Å². The van der Waals surface area contributed by atoms with E-state index >= 15 is 0 Å². The molecule has 6 heteroatoms. The number of rotatable bonds is 5. The van der Waals surface area contributed by atoms with Crippen LogP contribution < -0.4 is 10.2 Å². The molecule has 1 aromatic heterocycles. The Morgan fingerprint density at radius 1 is 1.23 bits per heavy atom. The molecule has 3 fully saturated rings. The minimum Gasteiger partial charge on any atom is -0.353 e. The summed E-state index contributed by atoms with van der Waals surface area (Å²) in [5.74, 6) is 2.65. The van der Waals surface area contributed by atoms with Gasteiger partial charge in [-0.25, -0.2) is 9.97 Å². The van der Waals surface area contributed by atoms with Crippen molar-refractivity contribution >= 4 is 11.4 Å². The molecule has 0 bridgehead atoms. The number of hydrogen-bond acceptors (Lipinski definition) is 6. The van der Waals surface area contributed by atoms with Crippen LogP contribution in [0.15, 0.2) is 12.4 Å². The van der Waals surface area contributed by atoms with Gasteiger partial charge in [0.25, 0.3) is 0 Å². The monoisotopic (exact) mass is 410 g/mol. The summed E-state index contributed by atoms with van der Waals surface area (Å²) in [7, 11) is 0. The fraction of sp³-hybridized carbons (Fsp3) is 0.708. The lowest BCUT2D eigenvalue weighted by molar-refractivity contribution is 0.233. The van der Waals surface area contributed by atoms with Crippen molar-refractivity contribution < 1.29 is 0 Å². The summed E-state index contributed by atoms with van der Waals surface area (Å²) in [6.07, 6.45) is 13.9. The summed E-state index contributed by atoms with van der Waals surface area (Å²) in [5.41, 5.74) is 3.85. The van der Waals surface area contributed by atoms with Crippen LogP contribution >= 0.6 is 0 Å². The average molecular weight is 411 g/mol. The average Bonchev–Trinajstić information content (AvgIpc) is 3.62. The van der Waals surface area contributed by atoms with Crippen LogP contribution in [0.25, 0.3) is 5.57 Å². The molecule has 0 amide bonds. The van der Waals surface area contributed by atoms with Gasteiger partial charge >= 0.3 is 0 Å². The molecule has 2 aliphatic heterocycles. The zero-order valence-electron chi connectivity index (χ0n) is 19.0. The van der Waals surface area contributed by atoms with Crippen LogP contribution in [0.1, 0.15) is 63.6 Å². The normalized spacial score (nSPS) is 22.2. The fourth-order valence-electron chi connectivity index (χ4n) is 4.69. The predicted molar refractivity (Wildman–Crippen MR) is 123 cm³/mol. The molecule has 1 atom stereocenters. The van der Waals surface area contributed by atoms with Gasteiger partial charge in [0.1, 0.15) is 12.1 Å². The number of allylic oxidation sites excluding steroid dienone is 2. The molecule has 0 radical (unpaired) electrons. The topological polar surface area (TPSA) is 68.1 Å². The van der Waals surface area contributed by atoms with E-state index < -0.39 is 0 Å². The molecule has 0 spiro atoms. The maximum atomic E-state index is 8.65. The maximum absolute atomic E-state index is 8.65. The Morgan fingerprint density at radius 2 is 2.00 bits per heavy atom. The number of hydrogen-bond donors (Lipinski definition) is 1. The smallest absolute Gasteiger partial charge is 0.179 e. The minimum absolute atomic E-state index is 0.733. The second-order valence-corrected chi connectivity index (χ2v) is 8.76. The number of nitrogens with one attached hydrogen (secondary N) is 1. The lowest BCUT2D eigenvalue weighted by atomic mass is 9.94. The first kappa shape index (κ1) is 22.6. The number of aryl methyl sites for hydroxylation is 1. The van der Waals surface area contributed by atoms with Crippen molar-refractivity contribution in [3.8, 4) is 6.19 Å². The van der Waals surface area contributed by atoms with Gasteiger partial charge in [-0.2, -0.15) is 5.26 Å². The fourth-order valence-corrected chi connectivity index (χ4v) is 4.69. The molecule has 30 heavy (non-hydrogen) atoms. The van der Waals surface area contributed by atoms with Crippen molar-refractivity contribution in [2.45, 2.75) is 59.3 Å². The molecule has 3 aliphatic rings. The van der Waals surface area contributed by atoms with Crippen LogP contribution in [0.4, 0.5) is 5.82 Å². The van der Waals surface area contributed by atoms with E-state index in [4.69, 9.17) is 5.26 Å². The molecular weight excluding hydrogens is 372 g/mol. The first-order valence-corrected chi connectivity index (χ1v) is 11.8. The summed E-state index contributed by atoms with van der Waals surface area (Å²) < 4.78 is 0. The van der Waals surface area contributed by atoms with Crippen LogP contribution in [0.3, 0.4) is 0 Å². The van der Waals surface area contributed by atoms with Crippen molar-refractivity contribution in [2.24, 2.45) is 11.8 Å². The molecular formula is C24H38N6. The van der Waals surface area contributed by atoms with Crippen LogP contribution in [0.2, 0.25) is 0 Å². The summed E-state index contributed by atoms with van der Waals surface area (Å²) in [4.78, 5) is 13.3. The molecule has 1 aromatic rings. The Kier molecular flexibility index (Phi) is 8.50. The summed E-state index contributed by atoms with van der Waals surface area (Å²) in [5, 5.41) is 12.1. The number of piperazine rings is 1. The van der Waals surface area contributed by atoms with Gasteiger partial charge in [0.15, 0.2) is 6.19 Å². The Bertz CT molecular complexity index is 741. The van der Waals surface area contributed by atoms with E-state index in [1.807, 2.05) is 4.90 Å². The lowest BCUT2D eigenvalue weighted by Gasteiger charge is -2.30. The molecule has 1 N–H and O–H groups in total. The van der Waals surface area contributed by atoms with Crippen molar-refractivity contribution in [2.75, 3.05) is 44.2 Å². The van der Waals surface area contributed by atoms with Crippen molar-refractivity contribution in [1.82, 2.24) is 20.2 Å². The Hall–Kier alpha value is -2.13. The number of aromatic nitrogens is 2. The van der Waals surface area contributed by atoms with Crippen molar-refractivity contribution in [1.29, 1.82) is 5.26 Å². The highest BCUT2D eigenvalue weighted by Crippen LogP contribution is 2.44. The van der Waals surface area contributed by atoms with Gasteiger partial charge < -0.3 is 15.1 Å². The first-order valence-electron chi connectivity index (χ1n) is 11.8. The highest BCUT2D eigenvalue weighted by Gasteiger charge is 2.30. The third kappa shape index (κ3) is 5.95. The highest BCUT2D eigenvalue weighted by molar-refractivity contribution is 5.78. The second kappa shape index (κ2) is 11.3. The van der Waals surface area contributed by atoms with E-state index in [-0.39, 0.29) is 0 Å². The zero-order valence-corrected chi connectivity index (χ0v) is 19.0. The summed E-state index contributed by atoms with van der Waals surface area (Å²) in [6.45, 7) is 12.6. The molecule has 4 rings (SSSR count). The Labute approximate surface area is 182 Å². The number of anilines is 1. The van der Waals surface area contributed by atoms with E-state index in [0.29, 0.717) is 0 Å². The third-order valence-electron chi connectivity index (χ3n) is 6.41. The zero-order chi connectivity index (χ0) is 21.3. The van der Waals surface area contributed by atoms with E-state index in [1.54, 1.807) is 6.33 Å². The van der Waals surface area contributed by atoms with Crippen LogP contribution in [0, 0.1) is 30.2 Å². The van der Waals surface area contributed by atoms with Gasteiger partial charge in [-0.05, 0) is 63.4 Å². The van der Waals surface area contributed by atoms with Gasteiger partial charge in [-0.1, -0.05) is 19.4 Å². The van der Waals surface area contributed by atoms with Gasteiger partial charge in [0, 0.05) is 44.8 Å². The van der Waals surface area contributed by atoms with E-state index in [2.05, 4.69) is 53.2 Å². The van der Waals surface area contributed by atoms with Crippen molar-refractivity contribution in [3.63, 3.8) is 0 Å². The molecule has 0 aromatic carbocycles. The molecule has 164 valence electrons. The van der Waals surface area contributed by atoms with Crippen molar-refractivity contribution in [3.05, 3.63) is 23.7 Å².